The number of aromatic nitrogens is 4. The van der Waals surface area contributed by atoms with E-state index in [1.54, 1.807) is 68.6 Å². The Morgan fingerprint density at radius 1 is 1.02 bits per heavy atom. The highest BCUT2D eigenvalue weighted by Crippen LogP contribution is 2.28. The van der Waals surface area contributed by atoms with Crippen molar-refractivity contribution in [2.75, 3.05) is 24.3 Å². The van der Waals surface area contributed by atoms with Crippen molar-refractivity contribution in [1.29, 1.82) is 0 Å². The monoisotopic (exact) mass is 707 g/mol. The highest BCUT2D eigenvalue weighted by molar-refractivity contribution is 7.91. The molecule has 0 spiro atoms. The molecule has 254 valence electrons. The summed E-state index contributed by atoms with van der Waals surface area (Å²) in [6, 6.07) is 21.2. The summed E-state index contributed by atoms with van der Waals surface area (Å²) in [6.07, 6.45) is 0.999. The summed E-state index contributed by atoms with van der Waals surface area (Å²) in [5.74, 6) is -0.717. The molecule has 1 unspecified atom stereocenters. The van der Waals surface area contributed by atoms with Gasteiger partial charge in [-0.1, -0.05) is 54.1 Å². The fourth-order valence-corrected chi connectivity index (χ4v) is 5.89. The molecule has 3 aromatic carbocycles. The second kappa shape index (κ2) is 15.4. The van der Waals surface area contributed by atoms with Gasteiger partial charge >= 0.3 is 16.9 Å². The van der Waals surface area contributed by atoms with Crippen molar-refractivity contribution in [1.82, 2.24) is 20.4 Å². The number of halogens is 1. The normalized spacial score (nSPS) is 11.7. The first kappa shape index (κ1) is 34.6. The number of rotatable bonds is 14. The zero-order valence-electron chi connectivity index (χ0n) is 26.1. The molecule has 2 heterocycles. The molecule has 1 atom stereocenters. The van der Waals surface area contributed by atoms with Gasteiger partial charge in [-0.25, -0.2) is 13.4 Å². The van der Waals surface area contributed by atoms with Gasteiger partial charge in [0.15, 0.2) is 5.82 Å². The molecular weight excluding hydrogens is 678 g/mol. The number of para-hydroxylation sites is 1. The van der Waals surface area contributed by atoms with Crippen LogP contribution in [0.1, 0.15) is 29.3 Å². The molecule has 1 amide bonds. The van der Waals surface area contributed by atoms with Crippen molar-refractivity contribution in [3.8, 4) is 5.88 Å². The lowest BCUT2D eigenvalue weighted by molar-refractivity contribution is -0.832. The number of benzene rings is 3. The van der Waals surface area contributed by atoms with Crippen molar-refractivity contribution in [3.63, 3.8) is 0 Å². The van der Waals surface area contributed by atoms with Gasteiger partial charge in [0.2, 0.25) is 5.95 Å². The topological polar surface area (TPSA) is 202 Å². The van der Waals surface area contributed by atoms with Crippen LogP contribution in [-0.4, -0.2) is 55.2 Å². The zero-order valence-corrected chi connectivity index (χ0v) is 27.7. The van der Waals surface area contributed by atoms with Crippen LogP contribution in [0.25, 0.3) is 0 Å². The summed E-state index contributed by atoms with van der Waals surface area (Å²) in [5.41, 5.74) is 2.26. The third kappa shape index (κ3) is 8.60. The van der Waals surface area contributed by atoms with Crippen molar-refractivity contribution in [2.24, 2.45) is 0 Å². The molecule has 0 bridgehead atoms. The highest BCUT2D eigenvalue weighted by Gasteiger charge is 2.35. The van der Waals surface area contributed by atoms with Gasteiger partial charge in [-0.3, -0.25) is 14.2 Å². The lowest BCUT2D eigenvalue weighted by atomic mass is 10.1. The maximum atomic E-state index is 12.9. The summed E-state index contributed by atoms with van der Waals surface area (Å²) in [5, 5.41) is 23.7. The minimum absolute atomic E-state index is 0.0132. The standard InChI is InChI=1S/C32H30ClN7O8S/c1-20(16-17-46-30-31(40(43)48-39-30)49(44,45)23-8-4-3-5-9-23)47-27(41)18-21-12-14-22(15-13-21)36-32-35-19-25(33)28(38-32)37-26-11-7-6-10-24(26)29(42)34-2/h3-15,19-20H,16-18H2,1-2H3,(H,34,42)(H2,35,36,37,38). The van der Waals surface area contributed by atoms with E-state index in [2.05, 4.69) is 35.7 Å². The number of carbonyl (C=O) groups is 2. The third-order valence-corrected chi connectivity index (χ3v) is 8.91. The molecule has 5 rings (SSSR count). The van der Waals surface area contributed by atoms with E-state index >= 15 is 0 Å². The molecule has 49 heavy (non-hydrogen) atoms. The molecule has 0 saturated heterocycles. The summed E-state index contributed by atoms with van der Waals surface area (Å²) >= 11 is 6.31. The number of nitrogens with zero attached hydrogens (tertiary/aromatic N) is 4. The summed E-state index contributed by atoms with van der Waals surface area (Å²) in [7, 11) is -2.71. The van der Waals surface area contributed by atoms with Gasteiger partial charge in [-0.05, 0) is 53.8 Å². The molecule has 15 nitrogen and oxygen atoms in total. The van der Waals surface area contributed by atoms with Gasteiger partial charge in [0.1, 0.15) is 11.1 Å². The van der Waals surface area contributed by atoms with E-state index in [9.17, 15) is 23.2 Å². The van der Waals surface area contributed by atoms with E-state index in [0.717, 1.165) is 0 Å². The Morgan fingerprint density at radius 3 is 2.47 bits per heavy atom. The van der Waals surface area contributed by atoms with Crippen molar-refractivity contribution in [3.05, 3.63) is 106 Å². The smallest absolute Gasteiger partial charge is 0.414 e. The van der Waals surface area contributed by atoms with E-state index in [1.165, 1.54) is 30.5 Å². The minimum atomic E-state index is -4.25. The van der Waals surface area contributed by atoms with Gasteiger partial charge in [0, 0.05) is 19.2 Å². The summed E-state index contributed by atoms with van der Waals surface area (Å²) in [6.45, 7) is 1.54. The Balaban J connectivity index is 1.12. The van der Waals surface area contributed by atoms with Gasteiger partial charge in [-0.2, -0.15) is 4.98 Å². The predicted molar refractivity (Wildman–Crippen MR) is 177 cm³/mol. The van der Waals surface area contributed by atoms with E-state index < -0.39 is 32.8 Å². The fourth-order valence-electron chi connectivity index (χ4n) is 4.46. The number of sulfone groups is 1. The molecule has 0 aliphatic rings. The third-order valence-electron chi connectivity index (χ3n) is 6.90. The van der Waals surface area contributed by atoms with Crippen LogP contribution < -0.4 is 25.6 Å². The summed E-state index contributed by atoms with van der Waals surface area (Å²) in [4.78, 5) is 33.1. The summed E-state index contributed by atoms with van der Waals surface area (Å²) < 4.78 is 41.1. The number of amides is 1. The van der Waals surface area contributed by atoms with Gasteiger partial charge < -0.3 is 30.6 Å². The zero-order chi connectivity index (χ0) is 35.0. The Hall–Kier alpha value is -5.74. The maximum absolute atomic E-state index is 12.9. The van der Waals surface area contributed by atoms with Crippen LogP contribution in [0.2, 0.25) is 5.02 Å². The number of esters is 1. The van der Waals surface area contributed by atoms with Crippen LogP contribution in [0.4, 0.5) is 23.1 Å². The van der Waals surface area contributed by atoms with Crippen LogP contribution in [0.5, 0.6) is 5.88 Å². The minimum Gasteiger partial charge on any atom is -0.462 e. The van der Waals surface area contributed by atoms with E-state index in [4.69, 9.17) is 21.1 Å². The number of anilines is 4. The van der Waals surface area contributed by atoms with Gasteiger partial charge in [0.05, 0.1) is 40.5 Å². The maximum Gasteiger partial charge on any atom is 0.414 e. The van der Waals surface area contributed by atoms with Crippen LogP contribution >= 0.6 is 11.6 Å². The van der Waals surface area contributed by atoms with Crippen LogP contribution in [0.15, 0.2) is 99.6 Å². The lowest BCUT2D eigenvalue weighted by Gasteiger charge is -2.14. The van der Waals surface area contributed by atoms with Crippen molar-refractivity contribution >= 4 is 56.5 Å². The first-order valence-electron chi connectivity index (χ1n) is 14.7. The highest BCUT2D eigenvalue weighted by atomic mass is 35.5. The fraction of sp³-hybridized carbons (Fsp3) is 0.188. The lowest BCUT2D eigenvalue weighted by Crippen LogP contribution is -2.31. The second-order valence-corrected chi connectivity index (χ2v) is 12.7. The average Bonchev–Trinajstić information content (AvgIpc) is 3.48. The first-order chi connectivity index (χ1) is 23.5. The molecule has 2 aromatic heterocycles. The molecule has 0 saturated carbocycles. The van der Waals surface area contributed by atoms with Gasteiger partial charge in [0.25, 0.3) is 15.7 Å². The number of carbonyl (C=O) groups excluding carboxylic acids is 2. The van der Waals surface area contributed by atoms with E-state index in [-0.39, 0.29) is 46.1 Å². The number of hydrogen-bond acceptors (Lipinski definition) is 13. The molecule has 0 radical (unpaired) electrons. The number of ether oxygens (including phenoxy) is 2. The molecule has 0 aliphatic carbocycles. The Labute approximate surface area is 285 Å². The average molecular weight is 708 g/mol. The quantitative estimate of drug-likeness (QED) is 0.109. The Morgan fingerprint density at radius 2 is 1.73 bits per heavy atom. The largest absolute Gasteiger partial charge is 0.462 e. The molecule has 0 aliphatic heterocycles. The van der Waals surface area contributed by atoms with Crippen LogP contribution in [-0.2, 0) is 25.8 Å². The Kier molecular flexibility index (Phi) is 10.9. The predicted octanol–water partition coefficient (Wildman–Crippen LogP) is 4.37. The number of nitrogens with one attached hydrogen (secondary N) is 3. The molecule has 5 aromatic rings. The van der Waals surface area contributed by atoms with Crippen molar-refractivity contribution < 1.29 is 37.0 Å². The van der Waals surface area contributed by atoms with Crippen LogP contribution in [0, 0.1) is 5.21 Å². The van der Waals surface area contributed by atoms with Gasteiger partial charge in [-0.15, -0.1) is 0 Å². The molecule has 17 heteroatoms. The number of hydrogen-bond donors (Lipinski definition) is 3. The first-order valence-corrected chi connectivity index (χ1v) is 16.6. The second-order valence-electron chi connectivity index (χ2n) is 10.4. The van der Waals surface area contributed by atoms with Crippen molar-refractivity contribution in [2.45, 2.75) is 35.8 Å². The van der Waals surface area contributed by atoms with E-state index in [0.29, 0.717) is 28.3 Å². The van der Waals surface area contributed by atoms with Crippen LogP contribution in [0.3, 0.4) is 0 Å². The Bertz CT molecular complexity index is 2040. The SMILES string of the molecule is CNC(=O)c1ccccc1Nc1nc(Nc2ccc(CC(=O)OC(C)CCOc3no[n+]([O-])c3S(=O)(=O)c3ccccc3)cc2)ncc1Cl. The van der Waals surface area contributed by atoms with E-state index in [1.807, 2.05) is 0 Å². The molecule has 0 fully saturated rings. The molecule has 3 N–H and O–H groups in total. The molecular formula is C32H30ClN7O8S.